The maximum Gasteiger partial charge on any atom is 0.243 e. The molecule has 0 radical (unpaired) electrons. The molecule has 0 saturated heterocycles. The first-order valence-electron chi connectivity index (χ1n) is 8.64. The second-order valence-corrected chi connectivity index (χ2v) is 8.57. The van der Waals surface area contributed by atoms with Crippen molar-refractivity contribution in [1.82, 2.24) is 9.21 Å². The summed E-state index contributed by atoms with van der Waals surface area (Å²) >= 11 is 0. The van der Waals surface area contributed by atoms with Gasteiger partial charge in [-0.1, -0.05) is 60.7 Å². The van der Waals surface area contributed by atoms with Gasteiger partial charge in [-0.2, -0.15) is 4.31 Å². The van der Waals surface area contributed by atoms with Crippen LogP contribution >= 0.6 is 0 Å². The molecule has 0 unspecified atom stereocenters. The molecule has 0 aliphatic rings. The molecule has 3 rings (SSSR count). The summed E-state index contributed by atoms with van der Waals surface area (Å²) in [5, 5.41) is 1.97. The van der Waals surface area contributed by atoms with Crippen molar-refractivity contribution in [3.8, 4) is 0 Å². The summed E-state index contributed by atoms with van der Waals surface area (Å²) in [6, 6.07) is 22.8. The zero-order chi connectivity index (χ0) is 18.6. The zero-order valence-corrected chi connectivity index (χ0v) is 16.0. The Morgan fingerprint density at radius 2 is 1.42 bits per heavy atom. The van der Waals surface area contributed by atoms with E-state index in [9.17, 15) is 8.42 Å². The molecule has 0 aromatic heterocycles. The Balaban J connectivity index is 1.96. The maximum absolute atomic E-state index is 13.3. The topological polar surface area (TPSA) is 40.6 Å². The van der Waals surface area contributed by atoms with Gasteiger partial charge in [0.1, 0.15) is 0 Å². The standard InChI is InChI=1S/C21H24N2O2S/c1-22(2)14-15-23(17-18-8-4-3-5-9-18)26(24,25)21-13-12-19-10-6-7-11-20(19)16-21/h3-13,16H,14-15,17H2,1-2H3. The molecule has 0 aliphatic carbocycles. The fourth-order valence-electron chi connectivity index (χ4n) is 2.86. The molecule has 0 saturated carbocycles. The van der Waals surface area contributed by atoms with Crippen LogP contribution < -0.4 is 0 Å². The van der Waals surface area contributed by atoms with E-state index in [0.717, 1.165) is 16.3 Å². The van der Waals surface area contributed by atoms with Crippen molar-refractivity contribution in [3.05, 3.63) is 78.4 Å². The minimum absolute atomic E-state index is 0.339. The predicted molar refractivity (Wildman–Crippen MR) is 107 cm³/mol. The van der Waals surface area contributed by atoms with Gasteiger partial charge in [-0.3, -0.25) is 0 Å². The van der Waals surface area contributed by atoms with Crippen molar-refractivity contribution in [2.75, 3.05) is 27.2 Å². The zero-order valence-electron chi connectivity index (χ0n) is 15.2. The molecule has 3 aromatic rings. The monoisotopic (exact) mass is 368 g/mol. The van der Waals surface area contributed by atoms with Crippen LogP contribution in [0, 0.1) is 0 Å². The van der Waals surface area contributed by atoms with Crippen molar-refractivity contribution >= 4 is 20.8 Å². The largest absolute Gasteiger partial charge is 0.308 e. The quantitative estimate of drug-likeness (QED) is 0.640. The fraction of sp³-hybridized carbons (Fsp3) is 0.238. The molecule has 4 nitrogen and oxygen atoms in total. The van der Waals surface area contributed by atoms with E-state index in [1.165, 1.54) is 0 Å². The van der Waals surface area contributed by atoms with Crippen LogP contribution in [0.5, 0.6) is 0 Å². The third kappa shape index (κ3) is 4.30. The number of hydrogen-bond acceptors (Lipinski definition) is 3. The van der Waals surface area contributed by atoms with Crippen LogP contribution in [0.1, 0.15) is 5.56 Å². The van der Waals surface area contributed by atoms with Gasteiger partial charge < -0.3 is 4.90 Å². The average Bonchev–Trinajstić information content (AvgIpc) is 2.65. The lowest BCUT2D eigenvalue weighted by molar-refractivity contribution is 0.329. The SMILES string of the molecule is CN(C)CCN(Cc1ccccc1)S(=O)(=O)c1ccc2ccccc2c1. The molecule has 0 spiro atoms. The van der Waals surface area contributed by atoms with Gasteiger partial charge in [0.05, 0.1) is 4.90 Å². The Labute approximate surface area is 155 Å². The highest BCUT2D eigenvalue weighted by Crippen LogP contribution is 2.23. The van der Waals surface area contributed by atoms with Crippen LogP contribution in [0.3, 0.4) is 0 Å². The smallest absolute Gasteiger partial charge is 0.243 e. The predicted octanol–water partition coefficient (Wildman–Crippen LogP) is 3.59. The first-order chi connectivity index (χ1) is 12.5. The van der Waals surface area contributed by atoms with Crippen molar-refractivity contribution in [1.29, 1.82) is 0 Å². The summed E-state index contributed by atoms with van der Waals surface area (Å²) < 4.78 is 28.2. The van der Waals surface area contributed by atoms with E-state index < -0.39 is 10.0 Å². The Bertz CT molecular complexity index is 969. The molecule has 5 heteroatoms. The number of benzene rings is 3. The maximum atomic E-state index is 13.3. The van der Waals surface area contributed by atoms with Gasteiger partial charge in [-0.05, 0) is 42.6 Å². The van der Waals surface area contributed by atoms with Crippen molar-refractivity contribution in [3.63, 3.8) is 0 Å². The van der Waals surface area contributed by atoms with E-state index >= 15 is 0 Å². The highest BCUT2D eigenvalue weighted by molar-refractivity contribution is 7.89. The lowest BCUT2D eigenvalue weighted by Gasteiger charge is -2.24. The van der Waals surface area contributed by atoms with E-state index in [1.807, 2.05) is 79.7 Å². The van der Waals surface area contributed by atoms with E-state index in [4.69, 9.17) is 0 Å². The molecule has 0 heterocycles. The van der Waals surface area contributed by atoms with Gasteiger partial charge in [-0.25, -0.2) is 8.42 Å². The van der Waals surface area contributed by atoms with Crippen molar-refractivity contribution in [2.45, 2.75) is 11.4 Å². The van der Waals surface area contributed by atoms with Crippen LogP contribution in [-0.2, 0) is 16.6 Å². The summed E-state index contributed by atoms with van der Waals surface area (Å²) in [4.78, 5) is 2.33. The van der Waals surface area contributed by atoms with Crippen molar-refractivity contribution in [2.24, 2.45) is 0 Å². The number of sulfonamides is 1. The molecule has 0 atom stereocenters. The van der Waals surface area contributed by atoms with E-state index in [-0.39, 0.29) is 0 Å². The lowest BCUT2D eigenvalue weighted by atomic mass is 10.1. The van der Waals surface area contributed by atoms with Gasteiger partial charge in [0.25, 0.3) is 0 Å². The van der Waals surface area contributed by atoms with E-state index in [1.54, 1.807) is 16.4 Å². The highest BCUT2D eigenvalue weighted by Gasteiger charge is 2.24. The summed E-state index contributed by atoms with van der Waals surface area (Å²) in [6.45, 7) is 1.47. The number of fused-ring (bicyclic) bond motifs is 1. The third-order valence-electron chi connectivity index (χ3n) is 4.36. The van der Waals surface area contributed by atoms with Gasteiger partial charge in [0, 0.05) is 19.6 Å². The van der Waals surface area contributed by atoms with Gasteiger partial charge in [0.15, 0.2) is 0 Å². The highest BCUT2D eigenvalue weighted by atomic mass is 32.2. The van der Waals surface area contributed by atoms with Crippen LogP contribution in [0.2, 0.25) is 0 Å². The molecule has 0 amide bonds. The number of hydrogen-bond donors (Lipinski definition) is 0. The molecule has 0 N–H and O–H groups in total. The van der Waals surface area contributed by atoms with Gasteiger partial charge >= 0.3 is 0 Å². The number of likely N-dealkylation sites (N-methyl/N-ethyl adjacent to an activating group) is 1. The van der Waals surface area contributed by atoms with Crippen LogP contribution in [0.4, 0.5) is 0 Å². The Morgan fingerprint density at radius 3 is 2.12 bits per heavy atom. The van der Waals surface area contributed by atoms with E-state index in [2.05, 4.69) is 0 Å². The lowest BCUT2D eigenvalue weighted by Crippen LogP contribution is -2.36. The Hall–Kier alpha value is -2.21. The van der Waals surface area contributed by atoms with Gasteiger partial charge in [0.2, 0.25) is 10.0 Å². The summed E-state index contributed by atoms with van der Waals surface area (Å²) in [6.07, 6.45) is 0. The molecule has 136 valence electrons. The average molecular weight is 369 g/mol. The van der Waals surface area contributed by atoms with Gasteiger partial charge in [-0.15, -0.1) is 0 Å². The summed E-state index contributed by atoms with van der Waals surface area (Å²) in [5.74, 6) is 0. The first-order valence-corrected chi connectivity index (χ1v) is 10.1. The van der Waals surface area contributed by atoms with Crippen LogP contribution in [0.25, 0.3) is 10.8 Å². The minimum atomic E-state index is -3.58. The third-order valence-corrected chi connectivity index (χ3v) is 6.20. The minimum Gasteiger partial charge on any atom is -0.308 e. The molecule has 0 aliphatic heterocycles. The first kappa shape index (κ1) is 18.6. The molecule has 26 heavy (non-hydrogen) atoms. The molecular weight excluding hydrogens is 344 g/mol. The van der Waals surface area contributed by atoms with Crippen LogP contribution in [-0.4, -0.2) is 44.8 Å². The normalized spacial score (nSPS) is 12.2. The second-order valence-electron chi connectivity index (χ2n) is 6.64. The molecule has 0 fully saturated rings. The van der Waals surface area contributed by atoms with Crippen molar-refractivity contribution < 1.29 is 8.42 Å². The molecule has 3 aromatic carbocycles. The number of rotatable bonds is 7. The van der Waals surface area contributed by atoms with Crippen LogP contribution in [0.15, 0.2) is 77.7 Å². The molecular formula is C21H24N2O2S. The summed E-state index contributed by atoms with van der Waals surface area (Å²) in [7, 11) is 0.316. The van der Waals surface area contributed by atoms with E-state index in [0.29, 0.717) is 24.5 Å². The molecule has 0 bridgehead atoms. The second kappa shape index (κ2) is 7.99. The Morgan fingerprint density at radius 1 is 0.769 bits per heavy atom. The summed E-state index contributed by atoms with van der Waals surface area (Å²) in [5.41, 5.74) is 0.982. The number of nitrogens with zero attached hydrogens (tertiary/aromatic N) is 2. The Kier molecular flexibility index (Phi) is 5.71. The fourth-order valence-corrected chi connectivity index (χ4v) is 4.31.